The van der Waals surface area contributed by atoms with Gasteiger partial charge in [0.1, 0.15) is 6.33 Å². The van der Waals surface area contributed by atoms with Crippen LogP contribution in [0.5, 0.6) is 0 Å². The van der Waals surface area contributed by atoms with Gasteiger partial charge in [-0.25, -0.2) is 9.97 Å². The van der Waals surface area contributed by atoms with Crippen LogP contribution in [0.4, 0.5) is 11.9 Å². The van der Waals surface area contributed by atoms with Gasteiger partial charge in [0.2, 0.25) is 11.9 Å². The molecule has 0 aliphatic carbocycles. The topological polar surface area (TPSA) is 76.7 Å². The summed E-state index contributed by atoms with van der Waals surface area (Å²) >= 11 is 0. The molecule has 1 heterocycles. The van der Waals surface area contributed by atoms with E-state index in [1.807, 2.05) is 36.4 Å². The molecule has 0 radical (unpaired) electrons. The lowest BCUT2D eigenvalue weighted by atomic mass is 9.91. The van der Waals surface area contributed by atoms with E-state index in [-0.39, 0.29) is 11.9 Å². The molecule has 5 heteroatoms. The van der Waals surface area contributed by atoms with Crippen molar-refractivity contribution in [2.45, 2.75) is 5.92 Å². The summed E-state index contributed by atoms with van der Waals surface area (Å²) in [7, 11) is 0. The smallest absolute Gasteiger partial charge is 0.227 e. The summed E-state index contributed by atoms with van der Waals surface area (Å²) in [6, 6.07) is 20.7. The molecule has 5 nitrogen and oxygen atoms in total. The number of hydrogen-bond acceptors (Lipinski definition) is 5. The summed E-state index contributed by atoms with van der Waals surface area (Å²) < 4.78 is 0. The second-order valence-corrected chi connectivity index (χ2v) is 4.92. The van der Waals surface area contributed by atoms with Crippen LogP contribution in [0.3, 0.4) is 0 Å². The monoisotopic (exact) mass is 291 g/mol. The number of nitrogens with two attached hydrogens (primary N) is 1. The Morgan fingerprint density at radius 1 is 0.864 bits per heavy atom. The fraction of sp³-hybridized carbons (Fsp3) is 0.118. The third-order valence-electron chi connectivity index (χ3n) is 3.46. The van der Waals surface area contributed by atoms with E-state index in [1.54, 1.807) is 0 Å². The van der Waals surface area contributed by atoms with E-state index < -0.39 is 0 Å². The minimum absolute atomic E-state index is 0.209. The predicted octanol–water partition coefficient (Wildman–Crippen LogP) is 2.70. The van der Waals surface area contributed by atoms with Gasteiger partial charge in [-0.15, -0.1) is 0 Å². The molecule has 0 aliphatic heterocycles. The Balaban J connectivity index is 1.83. The highest BCUT2D eigenvalue weighted by molar-refractivity contribution is 5.36. The van der Waals surface area contributed by atoms with Gasteiger partial charge in [-0.05, 0) is 11.1 Å². The normalized spacial score (nSPS) is 10.6. The van der Waals surface area contributed by atoms with E-state index in [9.17, 15) is 0 Å². The molecule has 110 valence electrons. The van der Waals surface area contributed by atoms with Crippen molar-refractivity contribution >= 4 is 11.9 Å². The maximum atomic E-state index is 5.58. The van der Waals surface area contributed by atoms with Crippen LogP contribution in [0.25, 0.3) is 0 Å². The zero-order valence-corrected chi connectivity index (χ0v) is 12.1. The quantitative estimate of drug-likeness (QED) is 0.756. The van der Waals surface area contributed by atoms with E-state index in [0.717, 1.165) is 0 Å². The molecule has 0 unspecified atom stereocenters. The second-order valence-electron chi connectivity index (χ2n) is 4.92. The first-order valence-corrected chi connectivity index (χ1v) is 7.11. The molecule has 0 atom stereocenters. The van der Waals surface area contributed by atoms with Crippen molar-refractivity contribution in [2.24, 2.45) is 0 Å². The third kappa shape index (κ3) is 3.38. The van der Waals surface area contributed by atoms with E-state index >= 15 is 0 Å². The van der Waals surface area contributed by atoms with Gasteiger partial charge in [0.25, 0.3) is 0 Å². The van der Waals surface area contributed by atoms with Crippen LogP contribution in [0.1, 0.15) is 17.0 Å². The molecule has 3 rings (SSSR count). The number of benzene rings is 2. The first kappa shape index (κ1) is 14.0. The van der Waals surface area contributed by atoms with Crippen LogP contribution in [-0.2, 0) is 0 Å². The SMILES string of the molecule is Nc1ncnc(NCC(c2ccccc2)c2ccccc2)n1. The molecule has 0 bridgehead atoms. The Hall–Kier alpha value is -2.95. The van der Waals surface area contributed by atoms with Gasteiger partial charge < -0.3 is 11.1 Å². The van der Waals surface area contributed by atoms with Crippen molar-refractivity contribution in [1.29, 1.82) is 0 Å². The number of nitrogen functional groups attached to an aromatic ring is 1. The van der Waals surface area contributed by atoms with Crippen LogP contribution in [0.2, 0.25) is 0 Å². The van der Waals surface area contributed by atoms with Crippen LogP contribution < -0.4 is 11.1 Å². The average Bonchev–Trinajstić information content (AvgIpc) is 2.57. The van der Waals surface area contributed by atoms with Gasteiger partial charge in [-0.3, -0.25) is 0 Å². The number of aromatic nitrogens is 3. The molecular weight excluding hydrogens is 274 g/mol. The molecule has 3 N–H and O–H groups in total. The van der Waals surface area contributed by atoms with Crippen LogP contribution in [0, 0.1) is 0 Å². The van der Waals surface area contributed by atoms with Gasteiger partial charge in [0, 0.05) is 12.5 Å². The summed E-state index contributed by atoms with van der Waals surface area (Å²) in [4.78, 5) is 12.0. The first-order chi connectivity index (χ1) is 10.8. The maximum Gasteiger partial charge on any atom is 0.227 e. The fourth-order valence-electron chi connectivity index (χ4n) is 2.39. The molecule has 3 aromatic rings. The summed E-state index contributed by atoms with van der Waals surface area (Å²) in [6.45, 7) is 0.678. The molecule has 0 saturated heterocycles. The third-order valence-corrected chi connectivity index (χ3v) is 3.46. The lowest BCUT2D eigenvalue weighted by molar-refractivity contribution is 0.840. The van der Waals surface area contributed by atoms with Gasteiger partial charge in [0.05, 0.1) is 0 Å². The standard InChI is InChI=1S/C17H17N5/c18-16-20-12-21-17(22-16)19-11-15(13-7-3-1-4-8-13)14-9-5-2-6-10-14/h1-10,12,15H,11H2,(H3,18,19,20,21,22). The van der Waals surface area contributed by atoms with E-state index in [1.165, 1.54) is 17.5 Å². The highest BCUT2D eigenvalue weighted by Gasteiger charge is 2.14. The van der Waals surface area contributed by atoms with Crippen LogP contribution in [-0.4, -0.2) is 21.5 Å². The molecule has 0 spiro atoms. The number of rotatable bonds is 5. The second kappa shape index (κ2) is 6.67. The minimum Gasteiger partial charge on any atom is -0.368 e. The Morgan fingerprint density at radius 3 is 2.00 bits per heavy atom. The van der Waals surface area contributed by atoms with Gasteiger partial charge in [0.15, 0.2) is 0 Å². The van der Waals surface area contributed by atoms with Crippen molar-refractivity contribution in [2.75, 3.05) is 17.6 Å². The Labute approximate surface area is 129 Å². The molecule has 0 amide bonds. The van der Waals surface area contributed by atoms with Gasteiger partial charge >= 0.3 is 0 Å². The first-order valence-electron chi connectivity index (χ1n) is 7.11. The minimum atomic E-state index is 0.209. The predicted molar refractivity (Wildman–Crippen MR) is 87.5 cm³/mol. The van der Waals surface area contributed by atoms with Crippen molar-refractivity contribution in [3.05, 3.63) is 78.1 Å². The average molecular weight is 291 g/mol. The number of nitrogens with zero attached hydrogens (tertiary/aromatic N) is 3. The fourth-order valence-corrected chi connectivity index (χ4v) is 2.39. The zero-order valence-electron chi connectivity index (χ0n) is 12.1. The largest absolute Gasteiger partial charge is 0.368 e. The summed E-state index contributed by atoms with van der Waals surface area (Å²) in [5.74, 6) is 0.915. The lowest BCUT2D eigenvalue weighted by Crippen LogP contribution is -2.16. The molecule has 2 aromatic carbocycles. The Bertz CT molecular complexity index is 676. The van der Waals surface area contributed by atoms with Crippen molar-refractivity contribution in [3.63, 3.8) is 0 Å². The summed E-state index contributed by atoms with van der Waals surface area (Å²) in [5, 5.41) is 3.24. The van der Waals surface area contributed by atoms with E-state index in [4.69, 9.17) is 5.73 Å². The van der Waals surface area contributed by atoms with Crippen LogP contribution in [0.15, 0.2) is 67.0 Å². The number of hydrogen-bond donors (Lipinski definition) is 2. The van der Waals surface area contributed by atoms with E-state index in [2.05, 4.69) is 44.5 Å². The number of anilines is 2. The summed E-state index contributed by atoms with van der Waals surface area (Å²) in [5.41, 5.74) is 8.06. The molecule has 22 heavy (non-hydrogen) atoms. The van der Waals surface area contributed by atoms with Gasteiger partial charge in [-0.1, -0.05) is 60.7 Å². The van der Waals surface area contributed by atoms with Crippen LogP contribution >= 0.6 is 0 Å². The molecule has 1 aromatic heterocycles. The lowest BCUT2D eigenvalue weighted by Gasteiger charge is -2.18. The molecule has 0 aliphatic rings. The van der Waals surface area contributed by atoms with E-state index in [0.29, 0.717) is 12.5 Å². The van der Waals surface area contributed by atoms with Crippen molar-refractivity contribution in [1.82, 2.24) is 15.0 Å². The Kier molecular flexibility index (Phi) is 4.25. The highest BCUT2D eigenvalue weighted by Crippen LogP contribution is 2.24. The molecular formula is C17H17N5. The number of nitrogens with one attached hydrogen (secondary N) is 1. The molecule has 0 fully saturated rings. The zero-order chi connectivity index (χ0) is 15.2. The van der Waals surface area contributed by atoms with Gasteiger partial charge in [-0.2, -0.15) is 4.98 Å². The van der Waals surface area contributed by atoms with Crippen molar-refractivity contribution < 1.29 is 0 Å². The van der Waals surface area contributed by atoms with Crippen molar-refractivity contribution in [3.8, 4) is 0 Å². The highest BCUT2D eigenvalue weighted by atomic mass is 15.2. The molecule has 0 saturated carbocycles. The maximum absolute atomic E-state index is 5.58. The summed E-state index contributed by atoms with van der Waals surface area (Å²) in [6.07, 6.45) is 1.41. The Morgan fingerprint density at radius 2 is 1.45 bits per heavy atom.